The summed E-state index contributed by atoms with van der Waals surface area (Å²) < 4.78 is 118. The zero-order valence-electron chi connectivity index (χ0n) is 36.6. The molecule has 0 aliphatic rings. The van der Waals surface area contributed by atoms with Gasteiger partial charge in [0.15, 0.2) is 0 Å². The molecule has 2 nitrogen and oxygen atoms in total. The minimum Gasteiger partial charge on any atom is -0.292 e. The first-order valence-electron chi connectivity index (χ1n) is 20.8. The van der Waals surface area contributed by atoms with Crippen LogP contribution in [0, 0.1) is 0 Å². The molecule has 0 atom stereocenters. The van der Waals surface area contributed by atoms with Gasteiger partial charge in [0.2, 0.25) is 0 Å². The van der Waals surface area contributed by atoms with Gasteiger partial charge in [0, 0.05) is 11.1 Å². The van der Waals surface area contributed by atoms with Crippen molar-refractivity contribution < 1.29 is 17.8 Å². The smallest absolute Gasteiger partial charge is 0.145 e. The van der Waals surface area contributed by atoms with E-state index >= 15 is 0 Å². The van der Waals surface area contributed by atoms with E-state index in [1.54, 1.807) is 59.2 Å². The van der Waals surface area contributed by atoms with E-state index in [-0.39, 0.29) is 49.6 Å². The van der Waals surface area contributed by atoms with Crippen LogP contribution in [0.25, 0.3) is 82.7 Å². The monoisotopic (exact) mass is 585 g/mol. The van der Waals surface area contributed by atoms with Crippen LogP contribution in [0.1, 0.15) is 17.8 Å². The molecule has 0 N–H and O–H groups in total. The van der Waals surface area contributed by atoms with Gasteiger partial charge in [-0.25, -0.2) is 4.98 Å². The lowest BCUT2D eigenvalue weighted by Crippen LogP contribution is -2.01. The lowest BCUT2D eigenvalue weighted by atomic mass is 9.85. The fourth-order valence-corrected chi connectivity index (χ4v) is 6.21. The third-order valence-electron chi connectivity index (χ3n) is 8.11. The summed E-state index contributed by atoms with van der Waals surface area (Å²) in [5.41, 5.74) is 2.08. The second-order valence-electron chi connectivity index (χ2n) is 10.6. The van der Waals surface area contributed by atoms with E-state index in [0.29, 0.717) is 22.3 Å². The van der Waals surface area contributed by atoms with Crippen molar-refractivity contribution in [2.75, 3.05) is 0 Å². The van der Waals surface area contributed by atoms with E-state index in [1.165, 1.54) is 0 Å². The van der Waals surface area contributed by atoms with Gasteiger partial charge in [-0.05, 0) is 73.3 Å². The van der Waals surface area contributed by atoms with Gasteiger partial charge >= 0.3 is 0 Å². The maximum absolute atomic E-state index is 9.47. The second kappa shape index (κ2) is 10.3. The zero-order valence-corrected chi connectivity index (χ0v) is 23.6. The molecule has 1 aromatic heterocycles. The Labute approximate surface area is 279 Å². The Bertz CT molecular complexity index is 3170. The zero-order chi connectivity index (χ0) is 41.1. The molecular formula is C43H28N2. The second-order valence-corrected chi connectivity index (χ2v) is 10.6. The van der Waals surface area contributed by atoms with Crippen molar-refractivity contribution in [1.29, 1.82) is 0 Å². The Morgan fingerprint density at radius 1 is 0.489 bits per heavy atom. The first-order chi connectivity index (χ1) is 27.7. The van der Waals surface area contributed by atoms with Crippen molar-refractivity contribution in [2.45, 2.75) is 0 Å². The molecule has 0 aliphatic heterocycles. The van der Waals surface area contributed by atoms with Gasteiger partial charge in [0.25, 0.3) is 0 Å². The van der Waals surface area contributed by atoms with Crippen molar-refractivity contribution in [3.05, 3.63) is 170 Å². The van der Waals surface area contributed by atoms with Gasteiger partial charge in [0.1, 0.15) is 5.82 Å². The number of rotatable bonds is 4. The molecule has 9 rings (SSSR count). The molecule has 8 aromatic carbocycles. The normalized spacial score (nSPS) is 15.6. The molecule has 0 spiro atoms. The summed E-state index contributed by atoms with van der Waals surface area (Å²) in [6.07, 6.45) is 0. The Morgan fingerprint density at radius 2 is 1.09 bits per heavy atom. The number of nitrogens with zero attached hydrogens (tertiary/aromatic N) is 2. The van der Waals surface area contributed by atoms with Crippen molar-refractivity contribution in [3.63, 3.8) is 0 Å². The fourth-order valence-electron chi connectivity index (χ4n) is 6.21. The summed E-state index contributed by atoms with van der Waals surface area (Å²) in [5.74, 6) is -0.00384. The number of hydrogen-bond donors (Lipinski definition) is 0. The van der Waals surface area contributed by atoms with Crippen molar-refractivity contribution in [3.8, 4) is 39.3 Å². The largest absolute Gasteiger partial charge is 0.292 e. The Hall–Kier alpha value is -5.99. The minimum atomic E-state index is -0.575. The average Bonchev–Trinajstić information content (AvgIpc) is 3.62. The van der Waals surface area contributed by atoms with Crippen LogP contribution >= 0.6 is 0 Å². The third kappa shape index (κ3) is 4.07. The molecule has 0 fully saturated rings. The van der Waals surface area contributed by atoms with E-state index in [1.807, 2.05) is 36.4 Å². The lowest BCUT2D eigenvalue weighted by molar-refractivity contribution is 1.10. The molecular weight excluding hydrogens is 544 g/mol. The summed E-state index contributed by atoms with van der Waals surface area (Å²) in [6, 6.07) is 20.3. The van der Waals surface area contributed by atoms with E-state index in [9.17, 15) is 5.48 Å². The van der Waals surface area contributed by atoms with Gasteiger partial charge in [-0.1, -0.05) is 145 Å². The standard InChI is InChI=1S/C43H28N2/c1-2-15-30(16-3-1)43-44-38-23-11-13-25-40(38)45(43)39-24-12-10-22-37(39)42-35-20-8-6-18-33(35)41(34-19-7-9-21-36(34)42)32-27-26-29-14-4-5-17-31(29)28-32/h1-28H/i1D,2D,3D,6D,7D,8D,9D,15D,16D,18D,19D,20D,21D. The predicted octanol–water partition coefficient (Wildman–Crippen LogP) is 11.5. The van der Waals surface area contributed by atoms with Crippen LogP contribution in [0.15, 0.2) is 170 Å². The molecule has 0 radical (unpaired) electrons. The maximum atomic E-state index is 9.47. The van der Waals surface area contributed by atoms with Crippen LogP contribution in [0.4, 0.5) is 0 Å². The summed E-state index contributed by atoms with van der Waals surface area (Å²) in [5, 5.41) is 1.82. The van der Waals surface area contributed by atoms with E-state index in [4.69, 9.17) is 17.3 Å². The highest BCUT2D eigenvalue weighted by Crippen LogP contribution is 2.46. The Morgan fingerprint density at radius 3 is 1.84 bits per heavy atom. The third-order valence-corrected chi connectivity index (χ3v) is 8.11. The van der Waals surface area contributed by atoms with Gasteiger partial charge < -0.3 is 0 Å². The summed E-state index contributed by atoms with van der Waals surface area (Å²) in [7, 11) is 0. The predicted molar refractivity (Wildman–Crippen MR) is 190 cm³/mol. The first kappa shape index (κ1) is 15.7. The average molecular weight is 586 g/mol. The molecule has 0 amide bonds. The number of hydrogen-bond acceptors (Lipinski definition) is 1. The maximum Gasteiger partial charge on any atom is 0.145 e. The molecule has 0 saturated carbocycles. The molecule has 2 heteroatoms. The summed E-state index contributed by atoms with van der Waals surface area (Å²) in [6.45, 7) is 0. The van der Waals surface area contributed by atoms with Crippen LogP contribution in [0.3, 0.4) is 0 Å². The Kier molecular flexibility index (Phi) is 3.59. The van der Waals surface area contributed by atoms with Crippen LogP contribution in [0.5, 0.6) is 0 Å². The number of aromatic nitrogens is 2. The van der Waals surface area contributed by atoms with Gasteiger partial charge in [0.05, 0.1) is 34.5 Å². The summed E-state index contributed by atoms with van der Waals surface area (Å²) in [4.78, 5) is 4.80. The highest BCUT2D eigenvalue weighted by molar-refractivity contribution is 6.22. The lowest BCUT2D eigenvalue weighted by Gasteiger charge is -2.21. The Balaban J connectivity index is 1.53. The van der Waals surface area contributed by atoms with Crippen molar-refractivity contribution >= 4 is 43.4 Å². The molecule has 210 valence electrons. The topological polar surface area (TPSA) is 17.8 Å². The molecule has 0 aliphatic carbocycles. The molecule has 1 heterocycles. The molecule has 0 saturated heterocycles. The van der Waals surface area contributed by atoms with Crippen molar-refractivity contribution in [2.24, 2.45) is 0 Å². The number of benzene rings is 8. The van der Waals surface area contributed by atoms with Gasteiger partial charge in [-0.15, -0.1) is 0 Å². The van der Waals surface area contributed by atoms with Crippen molar-refractivity contribution in [1.82, 2.24) is 9.55 Å². The minimum absolute atomic E-state index is 0.00384. The quantitative estimate of drug-likeness (QED) is 0.188. The highest BCUT2D eigenvalue weighted by atomic mass is 15.1. The van der Waals surface area contributed by atoms with E-state index < -0.39 is 78.6 Å². The highest BCUT2D eigenvalue weighted by Gasteiger charge is 2.21. The summed E-state index contributed by atoms with van der Waals surface area (Å²) >= 11 is 0. The molecule has 0 unspecified atom stereocenters. The number of para-hydroxylation sites is 3. The van der Waals surface area contributed by atoms with Gasteiger partial charge in [-0.3, -0.25) is 4.57 Å². The van der Waals surface area contributed by atoms with Gasteiger partial charge in [-0.2, -0.15) is 0 Å². The molecule has 45 heavy (non-hydrogen) atoms. The SMILES string of the molecule is [2H]c1c([2H])c([2H])c(-c2nc3ccccc3n2-c2ccccc2-c2c3c([2H])c([2H])c([2H])c([2H])c3c(-c3ccc4ccccc4c3)c3c([2H])c([2H])c([2H])c([2H])c23)c([2H])c1[2H]. The molecule has 0 bridgehead atoms. The number of fused-ring (bicyclic) bond motifs is 4. The molecule has 9 aromatic rings. The van der Waals surface area contributed by atoms with Crippen LogP contribution < -0.4 is 0 Å². The van der Waals surface area contributed by atoms with Crippen LogP contribution in [0.2, 0.25) is 0 Å². The van der Waals surface area contributed by atoms with Crippen LogP contribution in [-0.4, -0.2) is 9.55 Å². The first-order valence-corrected chi connectivity index (χ1v) is 14.3. The fraction of sp³-hybridized carbons (Fsp3) is 0. The van der Waals surface area contributed by atoms with Crippen LogP contribution in [-0.2, 0) is 0 Å². The van der Waals surface area contributed by atoms with E-state index in [0.717, 1.165) is 10.8 Å². The number of imidazole rings is 1. The van der Waals surface area contributed by atoms with E-state index in [2.05, 4.69) is 0 Å².